The largest absolute Gasteiger partial charge is 0.491 e. The van der Waals surface area contributed by atoms with Gasteiger partial charge in [-0.05, 0) is 43.5 Å². The van der Waals surface area contributed by atoms with E-state index < -0.39 is 0 Å². The summed E-state index contributed by atoms with van der Waals surface area (Å²) >= 11 is 0. The van der Waals surface area contributed by atoms with Gasteiger partial charge in [0.25, 0.3) is 5.91 Å². The van der Waals surface area contributed by atoms with Gasteiger partial charge >= 0.3 is 0 Å². The van der Waals surface area contributed by atoms with Gasteiger partial charge in [-0.2, -0.15) is 0 Å². The van der Waals surface area contributed by atoms with E-state index in [4.69, 9.17) is 9.47 Å². The van der Waals surface area contributed by atoms with Crippen LogP contribution < -0.4 is 10.1 Å². The number of carbonyl (C=O) groups is 1. The highest BCUT2D eigenvalue weighted by molar-refractivity contribution is 5.94. The summed E-state index contributed by atoms with van der Waals surface area (Å²) in [6.45, 7) is 2.71. The molecule has 25 heavy (non-hydrogen) atoms. The zero-order valence-electron chi connectivity index (χ0n) is 14.1. The summed E-state index contributed by atoms with van der Waals surface area (Å²) in [7, 11) is 0. The zero-order chi connectivity index (χ0) is 17.1. The van der Waals surface area contributed by atoms with E-state index in [2.05, 4.69) is 20.1 Å². The average molecular weight is 342 g/mol. The maximum absolute atomic E-state index is 12.3. The third kappa shape index (κ3) is 3.66. The van der Waals surface area contributed by atoms with Gasteiger partial charge in [0.2, 0.25) is 0 Å². The Bertz CT molecular complexity index is 735. The quantitative estimate of drug-likeness (QED) is 0.865. The van der Waals surface area contributed by atoms with Crippen LogP contribution in [-0.2, 0) is 24.2 Å². The molecule has 1 unspecified atom stereocenters. The molecule has 1 aromatic heterocycles. The van der Waals surface area contributed by atoms with Crippen LogP contribution in [0.25, 0.3) is 0 Å². The summed E-state index contributed by atoms with van der Waals surface area (Å²) in [4.78, 5) is 12.3. The Morgan fingerprint density at radius 3 is 2.96 bits per heavy atom. The third-order valence-electron chi connectivity index (χ3n) is 4.67. The Kier molecular flexibility index (Phi) is 4.65. The van der Waals surface area contributed by atoms with Crippen molar-refractivity contribution in [1.82, 2.24) is 20.1 Å². The van der Waals surface area contributed by atoms with E-state index >= 15 is 0 Å². The van der Waals surface area contributed by atoms with Gasteiger partial charge in [-0.25, -0.2) is 0 Å². The number of amides is 1. The Morgan fingerprint density at radius 2 is 2.16 bits per heavy atom. The third-order valence-corrected chi connectivity index (χ3v) is 4.67. The van der Waals surface area contributed by atoms with Crippen LogP contribution in [0.4, 0.5) is 0 Å². The molecule has 0 bridgehead atoms. The lowest BCUT2D eigenvalue weighted by Gasteiger charge is -2.11. The number of ether oxygens (including phenoxy) is 2. The van der Waals surface area contributed by atoms with Gasteiger partial charge in [-0.1, -0.05) is 0 Å². The van der Waals surface area contributed by atoms with Crippen LogP contribution >= 0.6 is 0 Å². The van der Waals surface area contributed by atoms with E-state index in [1.165, 1.54) is 0 Å². The Hall–Kier alpha value is -2.41. The average Bonchev–Trinajstić information content (AvgIpc) is 3.37. The lowest BCUT2D eigenvalue weighted by atomic mass is 10.2. The summed E-state index contributed by atoms with van der Waals surface area (Å²) in [6, 6.07) is 7.18. The molecule has 2 aliphatic rings. The van der Waals surface area contributed by atoms with Crippen LogP contribution in [0.2, 0.25) is 0 Å². The van der Waals surface area contributed by atoms with Crippen molar-refractivity contribution in [3.05, 3.63) is 41.5 Å². The van der Waals surface area contributed by atoms with E-state index in [9.17, 15) is 4.79 Å². The van der Waals surface area contributed by atoms with Crippen LogP contribution in [0.15, 0.2) is 24.3 Å². The smallest absolute Gasteiger partial charge is 0.251 e. The highest BCUT2D eigenvalue weighted by Gasteiger charge is 2.18. The molecule has 4 rings (SSSR count). The molecule has 2 aromatic rings. The van der Waals surface area contributed by atoms with E-state index in [0.29, 0.717) is 18.7 Å². The molecule has 1 amide bonds. The van der Waals surface area contributed by atoms with Crippen molar-refractivity contribution in [3.8, 4) is 5.75 Å². The molecule has 1 saturated heterocycles. The van der Waals surface area contributed by atoms with Gasteiger partial charge < -0.3 is 19.4 Å². The minimum atomic E-state index is -0.124. The van der Waals surface area contributed by atoms with Gasteiger partial charge in [0.15, 0.2) is 5.82 Å². The monoisotopic (exact) mass is 342 g/mol. The van der Waals surface area contributed by atoms with Crippen LogP contribution in [0, 0.1) is 0 Å². The van der Waals surface area contributed by atoms with Crippen molar-refractivity contribution in [2.24, 2.45) is 0 Å². The van der Waals surface area contributed by atoms with Crippen molar-refractivity contribution in [2.75, 3.05) is 13.2 Å². The summed E-state index contributed by atoms with van der Waals surface area (Å²) in [5, 5.41) is 11.2. The number of carbonyl (C=O) groups excluding carboxylic acids is 1. The number of fused-ring (bicyclic) bond motifs is 1. The van der Waals surface area contributed by atoms with Gasteiger partial charge in [-0.3, -0.25) is 4.79 Å². The van der Waals surface area contributed by atoms with Crippen LogP contribution in [0.1, 0.15) is 41.3 Å². The van der Waals surface area contributed by atoms with Crippen LogP contribution in [0.3, 0.4) is 0 Å². The lowest BCUT2D eigenvalue weighted by Crippen LogP contribution is -2.24. The Labute approximate surface area is 146 Å². The van der Waals surface area contributed by atoms with Crippen molar-refractivity contribution in [3.63, 3.8) is 0 Å². The molecule has 3 heterocycles. The number of benzene rings is 1. The first-order valence-corrected chi connectivity index (χ1v) is 8.83. The molecule has 1 N–H and O–H groups in total. The molecule has 0 aliphatic carbocycles. The van der Waals surface area contributed by atoms with Crippen molar-refractivity contribution >= 4 is 5.91 Å². The molecule has 7 nitrogen and oxygen atoms in total. The maximum Gasteiger partial charge on any atom is 0.251 e. The summed E-state index contributed by atoms with van der Waals surface area (Å²) in [5.41, 5.74) is 0.602. The Balaban J connectivity index is 1.29. The zero-order valence-corrected chi connectivity index (χ0v) is 14.1. The van der Waals surface area contributed by atoms with Crippen LogP contribution in [0.5, 0.6) is 5.75 Å². The molecule has 1 fully saturated rings. The first-order chi connectivity index (χ1) is 12.3. The molecule has 1 aromatic carbocycles. The second-order valence-corrected chi connectivity index (χ2v) is 6.44. The molecule has 0 radical (unpaired) electrons. The minimum absolute atomic E-state index is 0.124. The van der Waals surface area contributed by atoms with E-state index in [-0.39, 0.29) is 12.0 Å². The van der Waals surface area contributed by atoms with Crippen molar-refractivity contribution < 1.29 is 14.3 Å². The molecular weight excluding hydrogens is 320 g/mol. The highest BCUT2D eigenvalue weighted by Crippen LogP contribution is 2.17. The molecule has 7 heteroatoms. The maximum atomic E-state index is 12.3. The van der Waals surface area contributed by atoms with Gasteiger partial charge in [0, 0.05) is 25.1 Å². The second kappa shape index (κ2) is 7.23. The number of hydrogen-bond donors (Lipinski definition) is 1. The molecular formula is C18H22N4O3. The topological polar surface area (TPSA) is 78.3 Å². The van der Waals surface area contributed by atoms with Crippen LogP contribution in [-0.4, -0.2) is 40.0 Å². The fraction of sp³-hybridized carbons (Fsp3) is 0.500. The van der Waals surface area contributed by atoms with E-state index in [1.54, 1.807) is 12.1 Å². The van der Waals surface area contributed by atoms with Crippen molar-refractivity contribution in [1.29, 1.82) is 0 Å². The molecule has 0 spiro atoms. The minimum Gasteiger partial charge on any atom is -0.491 e. The van der Waals surface area contributed by atoms with Gasteiger partial charge in [-0.15, -0.1) is 10.2 Å². The SMILES string of the molecule is O=C(NCc1nnc2n1CCC2)c1ccc(OCC2CCCO2)cc1. The second-order valence-electron chi connectivity index (χ2n) is 6.44. The first kappa shape index (κ1) is 16.1. The van der Waals surface area contributed by atoms with Crippen molar-refractivity contribution in [2.45, 2.75) is 44.9 Å². The number of aryl methyl sites for hydroxylation is 1. The number of aromatic nitrogens is 3. The lowest BCUT2D eigenvalue weighted by molar-refractivity contribution is 0.0679. The highest BCUT2D eigenvalue weighted by atomic mass is 16.5. The summed E-state index contributed by atoms with van der Waals surface area (Å²) in [5.74, 6) is 2.46. The molecule has 132 valence electrons. The predicted molar refractivity (Wildman–Crippen MR) is 90.4 cm³/mol. The summed E-state index contributed by atoms with van der Waals surface area (Å²) < 4.78 is 13.3. The fourth-order valence-electron chi connectivity index (χ4n) is 3.27. The first-order valence-electron chi connectivity index (χ1n) is 8.83. The number of nitrogens with one attached hydrogen (secondary N) is 1. The molecule has 0 saturated carbocycles. The summed E-state index contributed by atoms with van der Waals surface area (Å²) in [6.07, 6.45) is 4.40. The normalized spacial score (nSPS) is 19.0. The fourth-order valence-corrected chi connectivity index (χ4v) is 3.27. The van der Waals surface area contributed by atoms with Gasteiger partial charge in [0.1, 0.15) is 18.2 Å². The van der Waals surface area contributed by atoms with E-state index in [0.717, 1.165) is 56.2 Å². The van der Waals surface area contributed by atoms with Gasteiger partial charge in [0.05, 0.1) is 12.6 Å². The molecule has 2 aliphatic heterocycles. The number of nitrogens with zero attached hydrogens (tertiary/aromatic N) is 3. The van der Waals surface area contributed by atoms with E-state index in [1.807, 2.05) is 12.1 Å². The Morgan fingerprint density at radius 1 is 1.28 bits per heavy atom. The number of rotatable bonds is 6. The standard InChI is InChI=1S/C18H22N4O3/c23-18(19-11-17-21-20-16-4-1-9-22(16)17)13-5-7-14(8-6-13)25-12-15-3-2-10-24-15/h5-8,15H,1-4,9-12H2,(H,19,23). The molecule has 1 atom stereocenters. The number of hydrogen-bond acceptors (Lipinski definition) is 5. The predicted octanol–water partition coefficient (Wildman–Crippen LogP) is 1.71.